The molecule has 1 saturated heterocycles. The van der Waals surface area contributed by atoms with Crippen molar-refractivity contribution in [1.29, 1.82) is 0 Å². The summed E-state index contributed by atoms with van der Waals surface area (Å²) in [4.78, 5) is 26.7. The van der Waals surface area contributed by atoms with Crippen molar-refractivity contribution in [3.63, 3.8) is 0 Å². The molecular weight excluding hydrogens is 290 g/mol. The molecule has 3 rings (SSSR count). The lowest BCUT2D eigenvalue weighted by molar-refractivity contribution is 0.0603. The Kier molecular flexibility index (Phi) is 3.74. The number of anilines is 1. The van der Waals surface area contributed by atoms with Gasteiger partial charge in [-0.2, -0.15) is 11.8 Å². The molecule has 3 N–H and O–H groups in total. The Labute approximate surface area is 125 Å². The number of fused-ring (bicyclic) bond motifs is 1. The molecule has 0 spiro atoms. The van der Waals surface area contributed by atoms with Crippen molar-refractivity contribution in [3.05, 3.63) is 30.0 Å². The van der Waals surface area contributed by atoms with Crippen LogP contribution in [0.25, 0.3) is 10.9 Å². The van der Waals surface area contributed by atoms with E-state index in [9.17, 15) is 9.59 Å². The first-order valence-electron chi connectivity index (χ1n) is 6.52. The minimum Gasteiger partial charge on any atom is -0.465 e. The predicted molar refractivity (Wildman–Crippen MR) is 82.9 cm³/mol. The summed E-state index contributed by atoms with van der Waals surface area (Å²) >= 11 is 1.80. The van der Waals surface area contributed by atoms with Gasteiger partial charge in [0.25, 0.3) is 0 Å². The lowest BCUT2D eigenvalue weighted by Crippen LogP contribution is -2.45. The molecule has 0 atom stereocenters. The maximum atomic E-state index is 11.9. The summed E-state index contributed by atoms with van der Waals surface area (Å²) in [5.41, 5.74) is 1.74. The molecule has 2 amide bonds. The summed E-state index contributed by atoms with van der Waals surface area (Å²) in [6.45, 7) is 0. The van der Waals surface area contributed by atoms with Crippen molar-refractivity contribution < 1.29 is 14.3 Å². The largest absolute Gasteiger partial charge is 0.465 e. The molecule has 7 heteroatoms. The van der Waals surface area contributed by atoms with Crippen LogP contribution in [0.5, 0.6) is 0 Å². The lowest BCUT2D eigenvalue weighted by Gasteiger charge is -2.25. The van der Waals surface area contributed by atoms with Crippen molar-refractivity contribution >= 4 is 40.4 Å². The Morgan fingerprint density at radius 2 is 2.19 bits per heavy atom. The molecule has 1 aliphatic rings. The van der Waals surface area contributed by atoms with E-state index in [4.69, 9.17) is 4.74 Å². The fourth-order valence-electron chi connectivity index (χ4n) is 2.19. The van der Waals surface area contributed by atoms with Crippen molar-refractivity contribution in [2.24, 2.45) is 0 Å². The van der Waals surface area contributed by atoms with Gasteiger partial charge in [-0.15, -0.1) is 0 Å². The second-order valence-corrected chi connectivity index (χ2v) is 5.86. The van der Waals surface area contributed by atoms with Crippen molar-refractivity contribution in [2.75, 3.05) is 23.9 Å². The number of urea groups is 1. The minimum absolute atomic E-state index is 0.226. The summed E-state index contributed by atoms with van der Waals surface area (Å²) in [7, 11) is 1.34. The first-order valence-corrected chi connectivity index (χ1v) is 7.67. The molecule has 0 saturated carbocycles. The van der Waals surface area contributed by atoms with Gasteiger partial charge in [0, 0.05) is 40.3 Å². The number of rotatable bonds is 3. The zero-order valence-corrected chi connectivity index (χ0v) is 12.3. The Morgan fingerprint density at radius 1 is 1.38 bits per heavy atom. The normalized spacial score (nSPS) is 14.5. The number of nitrogens with one attached hydrogen (secondary N) is 3. The number of esters is 1. The summed E-state index contributed by atoms with van der Waals surface area (Å²) in [6, 6.07) is 5.18. The predicted octanol–water partition coefficient (Wildman–Crippen LogP) is 2.19. The average Bonchev–Trinajstić information content (AvgIpc) is 2.89. The quantitative estimate of drug-likeness (QED) is 0.759. The molecule has 0 unspecified atom stereocenters. The average molecular weight is 305 g/mol. The van der Waals surface area contributed by atoms with Gasteiger partial charge in [0.15, 0.2) is 0 Å². The first kappa shape index (κ1) is 13.8. The number of H-pyrrole nitrogens is 1. The summed E-state index contributed by atoms with van der Waals surface area (Å²) in [5.74, 6) is 1.45. The van der Waals surface area contributed by atoms with Crippen LogP contribution in [0.15, 0.2) is 24.4 Å². The van der Waals surface area contributed by atoms with Gasteiger partial charge in [-0.25, -0.2) is 9.59 Å². The topological polar surface area (TPSA) is 83.2 Å². The van der Waals surface area contributed by atoms with Gasteiger partial charge >= 0.3 is 12.0 Å². The maximum absolute atomic E-state index is 11.9. The molecule has 1 aromatic heterocycles. The second kappa shape index (κ2) is 5.69. The number of aromatic amines is 1. The van der Waals surface area contributed by atoms with Crippen LogP contribution in [-0.2, 0) is 4.74 Å². The molecular formula is C14H15N3O3S. The second-order valence-electron chi connectivity index (χ2n) is 4.79. The van der Waals surface area contributed by atoms with Crippen LogP contribution >= 0.6 is 11.8 Å². The highest BCUT2D eigenvalue weighted by Crippen LogP contribution is 2.24. The van der Waals surface area contributed by atoms with Gasteiger partial charge in [-0.3, -0.25) is 0 Å². The number of carbonyl (C=O) groups is 2. The number of hydrogen-bond acceptors (Lipinski definition) is 4. The van der Waals surface area contributed by atoms with Crippen LogP contribution in [0.1, 0.15) is 10.4 Å². The number of carbonyl (C=O) groups excluding carboxylic acids is 2. The minimum atomic E-state index is -0.431. The highest BCUT2D eigenvalue weighted by Gasteiger charge is 2.20. The number of hydrogen-bond donors (Lipinski definition) is 3. The van der Waals surface area contributed by atoms with Crippen LogP contribution < -0.4 is 10.6 Å². The van der Waals surface area contributed by atoms with Crippen molar-refractivity contribution in [2.45, 2.75) is 6.04 Å². The Morgan fingerprint density at radius 3 is 2.86 bits per heavy atom. The van der Waals surface area contributed by atoms with Crippen LogP contribution in [0.4, 0.5) is 10.5 Å². The van der Waals surface area contributed by atoms with Crippen LogP contribution in [0, 0.1) is 0 Å². The van der Waals surface area contributed by atoms with E-state index in [2.05, 4.69) is 15.6 Å². The highest BCUT2D eigenvalue weighted by molar-refractivity contribution is 8.00. The van der Waals surface area contributed by atoms with Gasteiger partial charge in [0.2, 0.25) is 0 Å². The lowest BCUT2D eigenvalue weighted by atomic mass is 10.1. The van der Waals surface area contributed by atoms with Gasteiger partial charge in [0.1, 0.15) is 0 Å². The molecule has 1 aromatic carbocycles. The summed E-state index contributed by atoms with van der Waals surface area (Å²) < 4.78 is 4.78. The Balaban J connectivity index is 1.84. The summed E-state index contributed by atoms with van der Waals surface area (Å²) in [6.07, 6.45) is 1.74. The third kappa shape index (κ3) is 2.82. The number of ether oxygens (including phenoxy) is 1. The fourth-order valence-corrected chi connectivity index (χ4v) is 2.83. The number of aromatic nitrogens is 1. The summed E-state index contributed by atoms with van der Waals surface area (Å²) in [5, 5.41) is 6.39. The third-order valence-corrected chi connectivity index (χ3v) is 4.58. The standard InChI is InChI=1S/C14H15N3O3S/c1-20-13(18)11-4-8(5-12-10(11)2-3-15-12)16-14(19)17-9-6-21-7-9/h2-5,9,15H,6-7H2,1H3,(H2,16,17,19). The molecule has 110 valence electrons. The number of benzene rings is 1. The van der Waals surface area contributed by atoms with E-state index >= 15 is 0 Å². The molecule has 2 aromatic rings. The van der Waals surface area contributed by atoms with E-state index in [1.165, 1.54) is 7.11 Å². The monoisotopic (exact) mass is 305 g/mol. The molecule has 1 aliphatic heterocycles. The molecule has 0 aliphatic carbocycles. The van der Waals surface area contributed by atoms with Crippen molar-refractivity contribution in [3.8, 4) is 0 Å². The zero-order valence-electron chi connectivity index (χ0n) is 11.4. The van der Waals surface area contributed by atoms with E-state index < -0.39 is 5.97 Å². The number of amides is 2. The molecule has 6 nitrogen and oxygen atoms in total. The maximum Gasteiger partial charge on any atom is 0.338 e. The van der Waals surface area contributed by atoms with E-state index in [-0.39, 0.29) is 12.1 Å². The van der Waals surface area contributed by atoms with Gasteiger partial charge in [0.05, 0.1) is 12.7 Å². The van der Waals surface area contributed by atoms with Gasteiger partial charge in [-0.05, 0) is 18.2 Å². The van der Waals surface area contributed by atoms with Crippen LogP contribution in [0.3, 0.4) is 0 Å². The molecule has 0 bridgehead atoms. The Bertz CT molecular complexity index is 694. The molecule has 21 heavy (non-hydrogen) atoms. The van der Waals surface area contributed by atoms with Crippen molar-refractivity contribution in [1.82, 2.24) is 10.3 Å². The van der Waals surface area contributed by atoms with Gasteiger partial charge in [-0.1, -0.05) is 0 Å². The number of methoxy groups -OCH3 is 1. The van der Waals surface area contributed by atoms with E-state index in [0.717, 1.165) is 22.4 Å². The van der Waals surface area contributed by atoms with Crippen LogP contribution in [-0.4, -0.2) is 41.6 Å². The third-order valence-electron chi connectivity index (χ3n) is 3.31. The van der Waals surface area contributed by atoms with E-state index in [0.29, 0.717) is 11.3 Å². The first-order chi connectivity index (χ1) is 10.2. The molecule has 1 fully saturated rings. The van der Waals surface area contributed by atoms with Crippen LogP contribution in [0.2, 0.25) is 0 Å². The Hall–Kier alpha value is -2.15. The number of thioether (sulfide) groups is 1. The smallest absolute Gasteiger partial charge is 0.338 e. The van der Waals surface area contributed by atoms with Gasteiger partial charge < -0.3 is 20.4 Å². The zero-order chi connectivity index (χ0) is 14.8. The fraction of sp³-hybridized carbons (Fsp3) is 0.286. The highest BCUT2D eigenvalue weighted by atomic mass is 32.2. The molecule has 0 radical (unpaired) electrons. The van der Waals surface area contributed by atoms with E-state index in [1.807, 2.05) is 0 Å². The van der Waals surface area contributed by atoms with E-state index in [1.54, 1.807) is 36.2 Å². The molecule has 2 heterocycles. The SMILES string of the molecule is COC(=O)c1cc(NC(=O)NC2CSC2)cc2[nH]ccc12.